The van der Waals surface area contributed by atoms with E-state index in [4.69, 9.17) is 9.47 Å². The molecule has 0 spiro atoms. The second-order valence-corrected chi connectivity index (χ2v) is 6.89. The summed E-state index contributed by atoms with van der Waals surface area (Å²) in [6.45, 7) is 6.31. The summed E-state index contributed by atoms with van der Waals surface area (Å²) in [5.41, 5.74) is 3.71. The van der Waals surface area contributed by atoms with Crippen LogP contribution in [0.25, 0.3) is 11.2 Å². The van der Waals surface area contributed by atoms with Gasteiger partial charge in [0, 0.05) is 28.5 Å². The van der Waals surface area contributed by atoms with Crippen molar-refractivity contribution in [3.63, 3.8) is 0 Å². The Hall–Kier alpha value is -2.32. The summed E-state index contributed by atoms with van der Waals surface area (Å²) in [5, 5.41) is 0.373. The fourth-order valence-corrected chi connectivity index (χ4v) is 3.61. The molecule has 0 aliphatic rings. The summed E-state index contributed by atoms with van der Waals surface area (Å²) in [6, 6.07) is 3.67. The van der Waals surface area contributed by atoms with Crippen molar-refractivity contribution in [2.75, 3.05) is 13.7 Å². The third kappa shape index (κ3) is 3.54. The number of pyridine rings is 2. The zero-order valence-corrected chi connectivity index (χ0v) is 15.4. The summed E-state index contributed by atoms with van der Waals surface area (Å²) in [6.07, 6.45) is 1.67. The van der Waals surface area contributed by atoms with Gasteiger partial charge in [0.15, 0.2) is 11.4 Å². The Morgan fingerprint density at radius 3 is 2.80 bits per heavy atom. The molecule has 0 bridgehead atoms. The van der Waals surface area contributed by atoms with Gasteiger partial charge in [-0.3, -0.25) is 9.97 Å². The zero-order chi connectivity index (χ0) is 18.0. The first-order valence-electron chi connectivity index (χ1n) is 7.90. The second kappa shape index (κ2) is 7.28. The number of aromatic amines is 1. The van der Waals surface area contributed by atoms with Crippen LogP contribution in [0.5, 0.6) is 11.6 Å². The van der Waals surface area contributed by atoms with E-state index in [2.05, 4.69) is 19.9 Å². The van der Waals surface area contributed by atoms with Crippen molar-refractivity contribution in [3.05, 3.63) is 35.2 Å². The van der Waals surface area contributed by atoms with Gasteiger partial charge in [-0.15, -0.1) is 0 Å². The summed E-state index contributed by atoms with van der Waals surface area (Å²) in [7, 11) is 1.57. The molecule has 0 saturated carbocycles. The number of methoxy groups -OCH3 is 1. The minimum Gasteiger partial charge on any atom is -0.609 e. The maximum atomic E-state index is 12.7. The maximum Gasteiger partial charge on any atom is 0.323 e. The van der Waals surface area contributed by atoms with Crippen LogP contribution in [0.2, 0.25) is 0 Å². The highest BCUT2D eigenvalue weighted by Crippen LogP contribution is 2.25. The van der Waals surface area contributed by atoms with E-state index in [1.54, 1.807) is 13.3 Å². The lowest BCUT2D eigenvalue weighted by molar-refractivity contribution is 0.337. The van der Waals surface area contributed by atoms with E-state index in [0.29, 0.717) is 28.8 Å². The predicted octanol–water partition coefficient (Wildman–Crippen LogP) is 2.68. The van der Waals surface area contributed by atoms with Gasteiger partial charge in [-0.1, -0.05) is 0 Å². The number of fused-ring (bicyclic) bond motifs is 1. The van der Waals surface area contributed by atoms with Gasteiger partial charge >= 0.3 is 5.16 Å². The van der Waals surface area contributed by atoms with Crippen LogP contribution in [0.15, 0.2) is 23.5 Å². The van der Waals surface area contributed by atoms with Crippen LogP contribution in [0, 0.1) is 13.8 Å². The van der Waals surface area contributed by atoms with E-state index in [1.165, 1.54) is 0 Å². The topological polar surface area (TPSA) is 96.0 Å². The Labute approximate surface area is 149 Å². The van der Waals surface area contributed by atoms with Gasteiger partial charge in [-0.2, -0.15) is 9.97 Å². The van der Waals surface area contributed by atoms with E-state index in [-0.39, 0.29) is 5.75 Å². The first-order valence-corrected chi connectivity index (χ1v) is 9.22. The molecule has 0 aromatic carbocycles. The number of H-pyrrole nitrogens is 1. The van der Waals surface area contributed by atoms with Gasteiger partial charge in [0.25, 0.3) is 0 Å². The fourth-order valence-electron chi connectivity index (χ4n) is 2.52. The molecule has 3 aromatic rings. The molecule has 3 rings (SSSR count). The normalized spacial score (nSPS) is 12.4. The molecule has 0 saturated heterocycles. The Kier molecular flexibility index (Phi) is 5.10. The molecule has 3 heterocycles. The minimum absolute atomic E-state index is 0.253. The van der Waals surface area contributed by atoms with E-state index in [1.807, 2.05) is 32.9 Å². The molecule has 1 atom stereocenters. The summed E-state index contributed by atoms with van der Waals surface area (Å²) in [4.78, 5) is 16.1. The summed E-state index contributed by atoms with van der Waals surface area (Å²) in [5.74, 6) is 1.54. The molecule has 8 heteroatoms. The Balaban J connectivity index is 1.87. The molecule has 0 aliphatic heterocycles. The lowest BCUT2D eigenvalue weighted by Crippen LogP contribution is -2.10. The number of aromatic nitrogens is 4. The fraction of sp³-hybridized carbons (Fsp3) is 0.353. The van der Waals surface area contributed by atoms with Crippen molar-refractivity contribution in [3.8, 4) is 11.6 Å². The number of ether oxygens (including phenoxy) is 2. The van der Waals surface area contributed by atoms with E-state index in [0.717, 1.165) is 22.6 Å². The third-order valence-electron chi connectivity index (χ3n) is 3.83. The quantitative estimate of drug-likeness (QED) is 0.679. The molecule has 0 radical (unpaired) electrons. The maximum absolute atomic E-state index is 12.7. The van der Waals surface area contributed by atoms with E-state index >= 15 is 0 Å². The molecule has 25 heavy (non-hydrogen) atoms. The van der Waals surface area contributed by atoms with Crippen molar-refractivity contribution in [1.82, 2.24) is 19.9 Å². The number of hydrogen-bond donors (Lipinski definition) is 1. The average molecular weight is 360 g/mol. The van der Waals surface area contributed by atoms with Crippen LogP contribution >= 0.6 is 0 Å². The van der Waals surface area contributed by atoms with Crippen molar-refractivity contribution >= 4 is 22.3 Å². The van der Waals surface area contributed by atoms with Gasteiger partial charge in [-0.05, 0) is 32.9 Å². The SMILES string of the molecule is CCOc1ccnc(C[S+]([O-])c2nc3cc(C)c(OC)nc3[nH]2)c1C. The standard InChI is InChI=1S/C17H20N4O3S/c1-5-24-14-6-7-18-13(11(14)3)9-25(22)17-19-12-8-10(2)16(23-4)20-15(12)21-17/h6-8H,5,9H2,1-4H3,(H,19,20,21). The smallest absolute Gasteiger partial charge is 0.323 e. The largest absolute Gasteiger partial charge is 0.609 e. The predicted molar refractivity (Wildman–Crippen MR) is 95.4 cm³/mol. The molecule has 0 fully saturated rings. The number of rotatable bonds is 6. The first kappa shape index (κ1) is 17.5. The highest BCUT2D eigenvalue weighted by atomic mass is 32.2. The van der Waals surface area contributed by atoms with E-state index < -0.39 is 11.2 Å². The highest BCUT2D eigenvalue weighted by molar-refractivity contribution is 7.90. The number of aryl methyl sites for hydroxylation is 1. The zero-order valence-electron chi connectivity index (χ0n) is 14.6. The highest BCUT2D eigenvalue weighted by Gasteiger charge is 2.21. The summed E-state index contributed by atoms with van der Waals surface area (Å²) < 4.78 is 23.5. The van der Waals surface area contributed by atoms with Crippen molar-refractivity contribution in [2.45, 2.75) is 31.7 Å². The molecule has 132 valence electrons. The Bertz CT molecular complexity index is 897. The van der Waals surface area contributed by atoms with Gasteiger partial charge < -0.3 is 14.0 Å². The van der Waals surface area contributed by atoms with Crippen molar-refractivity contribution in [1.29, 1.82) is 0 Å². The lowest BCUT2D eigenvalue weighted by Gasteiger charge is -2.11. The van der Waals surface area contributed by atoms with Gasteiger partial charge in [-0.25, -0.2) is 0 Å². The van der Waals surface area contributed by atoms with Gasteiger partial charge in [0.2, 0.25) is 5.88 Å². The van der Waals surface area contributed by atoms with Gasteiger partial charge in [0.05, 0.1) is 19.4 Å². The van der Waals surface area contributed by atoms with Crippen LogP contribution in [0.4, 0.5) is 0 Å². The third-order valence-corrected chi connectivity index (χ3v) is 4.99. The molecule has 7 nitrogen and oxygen atoms in total. The molecule has 0 amide bonds. The summed E-state index contributed by atoms with van der Waals surface area (Å²) >= 11 is -1.37. The number of imidazole rings is 1. The second-order valence-electron chi connectivity index (χ2n) is 5.53. The van der Waals surface area contributed by atoms with Crippen molar-refractivity contribution in [2.24, 2.45) is 0 Å². The Morgan fingerprint density at radius 1 is 1.28 bits per heavy atom. The number of nitrogens with one attached hydrogen (secondary N) is 1. The average Bonchev–Trinajstić information content (AvgIpc) is 3.00. The first-order chi connectivity index (χ1) is 12.0. The monoisotopic (exact) mass is 360 g/mol. The number of nitrogens with zero attached hydrogens (tertiary/aromatic N) is 3. The minimum atomic E-state index is -1.37. The molecule has 3 aromatic heterocycles. The van der Waals surface area contributed by atoms with Gasteiger partial charge in [0.1, 0.15) is 11.3 Å². The van der Waals surface area contributed by atoms with E-state index in [9.17, 15) is 4.55 Å². The lowest BCUT2D eigenvalue weighted by atomic mass is 10.2. The Morgan fingerprint density at radius 2 is 2.08 bits per heavy atom. The van der Waals surface area contributed by atoms with Crippen molar-refractivity contribution < 1.29 is 14.0 Å². The van der Waals surface area contributed by atoms with Crippen LogP contribution in [-0.4, -0.2) is 38.2 Å². The van der Waals surface area contributed by atoms with Crippen LogP contribution in [0.1, 0.15) is 23.7 Å². The van der Waals surface area contributed by atoms with Crippen LogP contribution in [0.3, 0.4) is 0 Å². The van der Waals surface area contributed by atoms with Crippen LogP contribution in [-0.2, 0) is 16.9 Å². The molecule has 1 N–H and O–H groups in total. The molecular formula is C17H20N4O3S. The molecular weight excluding hydrogens is 340 g/mol. The molecule has 1 unspecified atom stereocenters. The van der Waals surface area contributed by atoms with Crippen LogP contribution < -0.4 is 9.47 Å². The molecule has 0 aliphatic carbocycles. The number of hydrogen-bond acceptors (Lipinski definition) is 6.